The molecule has 1 spiro atoms. The molecule has 150 valence electrons. The molecule has 2 aromatic rings. The van der Waals surface area contributed by atoms with E-state index in [2.05, 4.69) is 42.1 Å². The van der Waals surface area contributed by atoms with Crippen LogP contribution in [0.25, 0.3) is 11.6 Å². The first-order valence-electron chi connectivity index (χ1n) is 10.1. The smallest absolute Gasteiger partial charge is 0.276 e. The van der Waals surface area contributed by atoms with E-state index in [1.807, 2.05) is 25.2 Å². The number of hydrogen-bond donors (Lipinski definition) is 1. The summed E-state index contributed by atoms with van der Waals surface area (Å²) in [4.78, 5) is 15.6. The second kappa shape index (κ2) is 8.94. The van der Waals surface area contributed by atoms with Crippen molar-refractivity contribution in [1.29, 1.82) is 0 Å². The van der Waals surface area contributed by atoms with E-state index < -0.39 is 0 Å². The summed E-state index contributed by atoms with van der Waals surface area (Å²) in [7, 11) is 1.87. The quantitative estimate of drug-likeness (QED) is 0.624. The van der Waals surface area contributed by atoms with Gasteiger partial charge in [-0.15, -0.1) is 0 Å². The summed E-state index contributed by atoms with van der Waals surface area (Å²) in [6.07, 6.45) is 9.20. The zero-order valence-electron chi connectivity index (χ0n) is 16.4. The zero-order valence-corrected chi connectivity index (χ0v) is 17.2. The molecule has 0 unspecified atom stereocenters. The molecule has 0 radical (unpaired) electrons. The number of aliphatic imine (C=N–C) groups is 1. The zero-order chi connectivity index (χ0) is 19.2. The highest BCUT2D eigenvalue weighted by atomic mass is 32.2. The minimum absolute atomic E-state index is 0.430. The maximum atomic E-state index is 5.33. The number of rotatable bonds is 4. The van der Waals surface area contributed by atoms with Crippen LogP contribution in [-0.2, 0) is 6.42 Å². The summed E-state index contributed by atoms with van der Waals surface area (Å²) in [6, 6.07) is 5.65. The molecule has 8 heteroatoms. The van der Waals surface area contributed by atoms with Crippen molar-refractivity contribution in [2.75, 3.05) is 32.4 Å². The Morgan fingerprint density at radius 1 is 1.32 bits per heavy atom. The minimum atomic E-state index is 0.430. The molecule has 0 bridgehead atoms. The van der Waals surface area contributed by atoms with E-state index in [1.165, 1.54) is 37.9 Å². The fourth-order valence-corrected chi connectivity index (χ4v) is 5.66. The lowest BCUT2D eigenvalue weighted by Crippen LogP contribution is -2.53. The van der Waals surface area contributed by atoms with Crippen molar-refractivity contribution in [2.45, 2.75) is 43.3 Å². The van der Waals surface area contributed by atoms with Crippen LogP contribution in [0.5, 0.6) is 0 Å². The van der Waals surface area contributed by atoms with E-state index >= 15 is 0 Å². The Morgan fingerprint density at radius 3 is 3.00 bits per heavy atom. The molecule has 1 saturated heterocycles. The molecule has 1 aliphatic heterocycles. The number of thioether (sulfide) groups is 1. The monoisotopic (exact) mass is 400 g/mol. The molecule has 0 amide bonds. The van der Waals surface area contributed by atoms with Crippen molar-refractivity contribution in [3.63, 3.8) is 0 Å². The van der Waals surface area contributed by atoms with Crippen LogP contribution in [0.1, 0.15) is 37.9 Å². The van der Waals surface area contributed by atoms with Crippen molar-refractivity contribution in [3.05, 3.63) is 30.2 Å². The predicted molar refractivity (Wildman–Crippen MR) is 112 cm³/mol. The Bertz CT molecular complexity index is 781. The van der Waals surface area contributed by atoms with Gasteiger partial charge in [-0.25, -0.2) is 0 Å². The summed E-state index contributed by atoms with van der Waals surface area (Å²) >= 11 is 2.18. The average molecular weight is 401 g/mol. The summed E-state index contributed by atoms with van der Waals surface area (Å²) in [5.74, 6) is 3.31. The van der Waals surface area contributed by atoms with Gasteiger partial charge in [-0.05, 0) is 25.0 Å². The predicted octanol–water partition coefficient (Wildman–Crippen LogP) is 3.00. The van der Waals surface area contributed by atoms with Crippen molar-refractivity contribution < 1.29 is 4.52 Å². The summed E-state index contributed by atoms with van der Waals surface area (Å²) in [6.45, 7) is 2.88. The highest BCUT2D eigenvalue weighted by molar-refractivity contribution is 8.00. The van der Waals surface area contributed by atoms with Gasteiger partial charge in [-0.3, -0.25) is 9.98 Å². The molecule has 7 nitrogen and oxygen atoms in total. The molecular weight excluding hydrogens is 372 g/mol. The number of hydrogen-bond acceptors (Lipinski definition) is 6. The third-order valence-corrected chi connectivity index (χ3v) is 7.04. The molecule has 2 aromatic heterocycles. The van der Waals surface area contributed by atoms with Crippen molar-refractivity contribution in [1.82, 2.24) is 25.3 Å². The van der Waals surface area contributed by atoms with E-state index in [0.29, 0.717) is 28.6 Å². The van der Waals surface area contributed by atoms with Gasteiger partial charge >= 0.3 is 0 Å². The maximum Gasteiger partial charge on any atom is 0.276 e. The highest BCUT2D eigenvalue weighted by Gasteiger charge is 2.38. The normalized spacial score (nSPS) is 19.8. The minimum Gasteiger partial charge on any atom is -0.356 e. The van der Waals surface area contributed by atoms with Crippen LogP contribution in [0.3, 0.4) is 0 Å². The van der Waals surface area contributed by atoms with Gasteiger partial charge in [-0.1, -0.05) is 30.5 Å². The van der Waals surface area contributed by atoms with Gasteiger partial charge in [0, 0.05) is 49.8 Å². The van der Waals surface area contributed by atoms with E-state index in [4.69, 9.17) is 4.52 Å². The van der Waals surface area contributed by atoms with Gasteiger partial charge in [0.1, 0.15) is 5.69 Å². The fourth-order valence-electron chi connectivity index (χ4n) is 4.09. The van der Waals surface area contributed by atoms with E-state index in [1.54, 1.807) is 6.20 Å². The summed E-state index contributed by atoms with van der Waals surface area (Å²) in [5.41, 5.74) is 0.702. The Morgan fingerprint density at radius 2 is 2.21 bits per heavy atom. The lowest BCUT2D eigenvalue weighted by Gasteiger charge is -2.45. The molecule has 1 N–H and O–H groups in total. The van der Waals surface area contributed by atoms with Gasteiger partial charge in [-0.2, -0.15) is 16.7 Å². The number of aromatic nitrogens is 3. The van der Waals surface area contributed by atoms with Crippen LogP contribution in [0.2, 0.25) is 0 Å². The molecule has 3 heterocycles. The Kier molecular flexibility index (Phi) is 6.14. The second-order valence-corrected chi connectivity index (χ2v) is 9.03. The SMILES string of the molecule is CN=C(NCCc1noc(-c2ccccn2)n1)N1CCSC2(CCCCC2)C1. The fraction of sp³-hybridized carbons (Fsp3) is 0.600. The lowest BCUT2D eigenvalue weighted by molar-refractivity contribution is 0.293. The van der Waals surface area contributed by atoms with Crippen LogP contribution < -0.4 is 5.32 Å². The van der Waals surface area contributed by atoms with Gasteiger partial charge in [0.15, 0.2) is 11.8 Å². The first kappa shape index (κ1) is 19.2. The first-order valence-corrected chi connectivity index (χ1v) is 11.1. The topological polar surface area (TPSA) is 79.4 Å². The standard InChI is InChI=1S/C20H28N6OS/c1-21-19(26-13-14-28-20(15-26)9-4-2-5-10-20)23-12-8-17-24-18(27-25-17)16-7-3-6-11-22-16/h3,6-7,11H,2,4-5,8-10,12-15H2,1H3,(H,21,23). The largest absolute Gasteiger partial charge is 0.356 e. The van der Waals surface area contributed by atoms with Gasteiger partial charge < -0.3 is 14.7 Å². The second-order valence-electron chi connectivity index (χ2n) is 7.47. The Balaban J connectivity index is 1.31. The molecule has 0 aromatic carbocycles. The molecule has 0 atom stereocenters. The lowest BCUT2D eigenvalue weighted by atomic mass is 9.87. The molecular formula is C20H28N6OS. The summed E-state index contributed by atoms with van der Waals surface area (Å²) in [5, 5.41) is 7.56. The van der Waals surface area contributed by atoms with Crippen LogP contribution in [-0.4, -0.2) is 63.2 Å². The third kappa shape index (κ3) is 4.48. The van der Waals surface area contributed by atoms with Crippen molar-refractivity contribution in [2.24, 2.45) is 4.99 Å². The molecule has 2 fully saturated rings. The molecule has 28 heavy (non-hydrogen) atoms. The molecule has 2 aliphatic rings. The third-order valence-electron chi connectivity index (χ3n) is 5.51. The van der Waals surface area contributed by atoms with Crippen LogP contribution in [0, 0.1) is 0 Å². The number of nitrogens with one attached hydrogen (secondary N) is 1. The van der Waals surface area contributed by atoms with Crippen molar-refractivity contribution >= 4 is 17.7 Å². The van der Waals surface area contributed by atoms with Gasteiger partial charge in [0.05, 0.1) is 0 Å². The molecule has 1 saturated carbocycles. The van der Waals surface area contributed by atoms with Crippen molar-refractivity contribution in [3.8, 4) is 11.6 Å². The van der Waals surface area contributed by atoms with Gasteiger partial charge in [0.25, 0.3) is 5.89 Å². The Labute approximate surface area is 170 Å². The van der Waals surface area contributed by atoms with Gasteiger partial charge in [0.2, 0.25) is 0 Å². The number of nitrogens with zero attached hydrogens (tertiary/aromatic N) is 5. The molecule has 4 rings (SSSR count). The average Bonchev–Trinajstić information content (AvgIpc) is 3.21. The number of pyridine rings is 1. The van der Waals surface area contributed by atoms with E-state index in [-0.39, 0.29) is 0 Å². The van der Waals surface area contributed by atoms with Crippen LogP contribution in [0.4, 0.5) is 0 Å². The van der Waals surface area contributed by atoms with E-state index in [9.17, 15) is 0 Å². The van der Waals surface area contributed by atoms with Crippen LogP contribution in [0.15, 0.2) is 33.9 Å². The first-order chi connectivity index (χ1) is 13.8. The highest BCUT2D eigenvalue weighted by Crippen LogP contribution is 2.42. The molecule has 1 aliphatic carbocycles. The Hall–Kier alpha value is -2.09. The summed E-state index contributed by atoms with van der Waals surface area (Å²) < 4.78 is 5.76. The van der Waals surface area contributed by atoms with E-state index in [0.717, 1.165) is 25.6 Å². The number of guanidine groups is 1. The maximum absolute atomic E-state index is 5.33. The van der Waals surface area contributed by atoms with Crippen LogP contribution >= 0.6 is 11.8 Å².